The normalized spacial score (nSPS) is 33.2. The van der Waals surface area contributed by atoms with Crippen LogP contribution in [0.5, 0.6) is 0 Å². The third-order valence-electron chi connectivity index (χ3n) is 2.11. The average molecular weight is 230 g/mol. The maximum Gasteiger partial charge on any atom is 0.303 e. The molecular formula is C10H14O6. The lowest BCUT2D eigenvalue weighted by atomic mass is 9.96. The van der Waals surface area contributed by atoms with Gasteiger partial charge >= 0.3 is 11.9 Å². The van der Waals surface area contributed by atoms with E-state index < -0.39 is 36.4 Å². The van der Waals surface area contributed by atoms with Crippen molar-refractivity contribution in [3.05, 3.63) is 12.2 Å². The van der Waals surface area contributed by atoms with Crippen molar-refractivity contribution in [2.75, 3.05) is 0 Å². The lowest BCUT2D eigenvalue weighted by Crippen LogP contribution is -2.49. The number of aliphatic hydroxyl groups is 2. The van der Waals surface area contributed by atoms with Crippen LogP contribution in [0.3, 0.4) is 0 Å². The highest BCUT2D eigenvalue weighted by atomic mass is 16.6. The molecule has 1 rings (SSSR count). The number of hydrogen-bond donors (Lipinski definition) is 2. The Balaban J connectivity index is 2.81. The van der Waals surface area contributed by atoms with Gasteiger partial charge in [0.05, 0.1) is 0 Å². The summed E-state index contributed by atoms with van der Waals surface area (Å²) in [5.41, 5.74) is 0. The van der Waals surface area contributed by atoms with Gasteiger partial charge in [0.25, 0.3) is 0 Å². The van der Waals surface area contributed by atoms with Gasteiger partial charge in [-0.3, -0.25) is 9.59 Å². The standard InChI is InChI=1S/C10H14O6/c1-5(11)15-8-4-3-7(13)9(14)10(8)16-6(2)12/h3-4,7-10,13-14H,1-2H3/t7-,8-,9-,10-/m0/s1. The molecule has 0 unspecified atom stereocenters. The molecule has 0 bridgehead atoms. The Morgan fingerprint density at radius 2 is 1.62 bits per heavy atom. The minimum Gasteiger partial charge on any atom is -0.455 e. The van der Waals surface area contributed by atoms with Gasteiger partial charge in [0.2, 0.25) is 0 Å². The molecule has 6 nitrogen and oxygen atoms in total. The molecule has 2 N–H and O–H groups in total. The lowest BCUT2D eigenvalue weighted by molar-refractivity contribution is -0.176. The Bertz CT molecular complexity index is 310. The van der Waals surface area contributed by atoms with Crippen molar-refractivity contribution in [2.45, 2.75) is 38.3 Å². The summed E-state index contributed by atoms with van der Waals surface area (Å²) in [6.45, 7) is 2.37. The zero-order chi connectivity index (χ0) is 12.3. The molecule has 16 heavy (non-hydrogen) atoms. The quantitative estimate of drug-likeness (QED) is 0.473. The van der Waals surface area contributed by atoms with E-state index >= 15 is 0 Å². The van der Waals surface area contributed by atoms with Gasteiger partial charge in [-0.05, 0) is 6.08 Å². The van der Waals surface area contributed by atoms with Crippen LogP contribution in [0.1, 0.15) is 13.8 Å². The van der Waals surface area contributed by atoms with Crippen LogP contribution in [0.25, 0.3) is 0 Å². The maximum absolute atomic E-state index is 10.8. The first kappa shape index (κ1) is 12.7. The van der Waals surface area contributed by atoms with Gasteiger partial charge in [-0.15, -0.1) is 0 Å². The van der Waals surface area contributed by atoms with Crippen molar-refractivity contribution in [1.29, 1.82) is 0 Å². The topological polar surface area (TPSA) is 93.1 Å². The molecule has 4 atom stereocenters. The Morgan fingerprint density at radius 1 is 1.06 bits per heavy atom. The zero-order valence-corrected chi connectivity index (χ0v) is 8.99. The molecule has 0 aromatic rings. The predicted molar refractivity (Wildman–Crippen MR) is 52.3 cm³/mol. The first-order valence-electron chi connectivity index (χ1n) is 4.80. The molecule has 0 saturated carbocycles. The molecule has 0 radical (unpaired) electrons. The van der Waals surface area contributed by atoms with E-state index in [9.17, 15) is 19.8 Å². The summed E-state index contributed by atoms with van der Waals surface area (Å²) in [5.74, 6) is -1.18. The van der Waals surface area contributed by atoms with E-state index in [1.807, 2.05) is 0 Å². The number of ether oxygens (including phenoxy) is 2. The highest BCUT2D eigenvalue weighted by molar-refractivity contribution is 5.67. The molecule has 0 aromatic heterocycles. The molecule has 0 heterocycles. The molecule has 6 heteroatoms. The van der Waals surface area contributed by atoms with Crippen molar-refractivity contribution in [3.63, 3.8) is 0 Å². The van der Waals surface area contributed by atoms with Gasteiger partial charge in [0.1, 0.15) is 12.2 Å². The molecule has 0 aliphatic heterocycles. The molecule has 1 aliphatic carbocycles. The summed E-state index contributed by atoms with van der Waals surface area (Å²) in [7, 11) is 0. The van der Waals surface area contributed by atoms with E-state index in [1.165, 1.54) is 26.0 Å². The van der Waals surface area contributed by atoms with Gasteiger partial charge in [-0.25, -0.2) is 0 Å². The van der Waals surface area contributed by atoms with Crippen molar-refractivity contribution in [3.8, 4) is 0 Å². The third kappa shape index (κ3) is 3.04. The predicted octanol–water partition coefficient (Wildman–Crippen LogP) is -0.859. The van der Waals surface area contributed by atoms with Crippen LogP contribution in [-0.4, -0.2) is 46.6 Å². The molecule has 1 aliphatic rings. The second-order valence-corrected chi connectivity index (χ2v) is 3.51. The monoisotopic (exact) mass is 230 g/mol. The number of esters is 2. The first-order valence-corrected chi connectivity index (χ1v) is 4.80. The van der Waals surface area contributed by atoms with Crippen molar-refractivity contribution >= 4 is 11.9 Å². The van der Waals surface area contributed by atoms with Crippen LogP contribution in [0.2, 0.25) is 0 Å². The Hall–Kier alpha value is -1.40. The number of aliphatic hydroxyl groups excluding tert-OH is 2. The molecular weight excluding hydrogens is 216 g/mol. The summed E-state index contributed by atoms with van der Waals surface area (Å²) in [6.07, 6.45) is -1.74. The highest BCUT2D eigenvalue weighted by Crippen LogP contribution is 2.19. The molecule has 0 fully saturated rings. The fourth-order valence-corrected chi connectivity index (χ4v) is 1.46. The third-order valence-corrected chi connectivity index (χ3v) is 2.11. The van der Waals surface area contributed by atoms with Gasteiger partial charge in [-0.2, -0.15) is 0 Å². The maximum atomic E-state index is 10.8. The van der Waals surface area contributed by atoms with Crippen LogP contribution >= 0.6 is 0 Å². The number of carbonyl (C=O) groups is 2. The number of rotatable bonds is 2. The second kappa shape index (κ2) is 5.09. The summed E-state index contributed by atoms with van der Waals surface area (Å²) >= 11 is 0. The summed E-state index contributed by atoms with van der Waals surface area (Å²) in [4.78, 5) is 21.6. The smallest absolute Gasteiger partial charge is 0.303 e. The van der Waals surface area contributed by atoms with Crippen molar-refractivity contribution in [2.24, 2.45) is 0 Å². The van der Waals surface area contributed by atoms with Crippen molar-refractivity contribution in [1.82, 2.24) is 0 Å². The summed E-state index contributed by atoms with van der Waals surface area (Å²) < 4.78 is 9.66. The Morgan fingerprint density at radius 3 is 2.12 bits per heavy atom. The van der Waals surface area contributed by atoms with E-state index in [1.54, 1.807) is 0 Å². The molecule has 90 valence electrons. The molecule has 0 amide bonds. The average Bonchev–Trinajstić information content (AvgIpc) is 2.16. The van der Waals surface area contributed by atoms with Crippen LogP contribution in [0.4, 0.5) is 0 Å². The van der Waals surface area contributed by atoms with E-state index in [0.717, 1.165) is 0 Å². The van der Waals surface area contributed by atoms with Crippen molar-refractivity contribution < 1.29 is 29.3 Å². The van der Waals surface area contributed by atoms with E-state index in [2.05, 4.69) is 0 Å². The number of hydrogen-bond acceptors (Lipinski definition) is 6. The Kier molecular flexibility index (Phi) is 4.03. The van der Waals surface area contributed by atoms with Crippen LogP contribution in [-0.2, 0) is 19.1 Å². The fraction of sp³-hybridized carbons (Fsp3) is 0.600. The van der Waals surface area contributed by atoms with Gasteiger partial charge < -0.3 is 19.7 Å². The van der Waals surface area contributed by atoms with Crippen LogP contribution < -0.4 is 0 Å². The van der Waals surface area contributed by atoms with Gasteiger partial charge in [-0.1, -0.05) is 6.08 Å². The van der Waals surface area contributed by atoms with Gasteiger partial charge in [0, 0.05) is 13.8 Å². The van der Waals surface area contributed by atoms with E-state index in [0.29, 0.717) is 0 Å². The van der Waals surface area contributed by atoms with Crippen LogP contribution in [0.15, 0.2) is 12.2 Å². The minimum absolute atomic E-state index is 0.560. The van der Waals surface area contributed by atoms with Gasteiger partial charge in [0.15, 0.2) is 12.2 Å². The molecule has 0 aromatic carbocycles. The fourth-order valence-electron chi connectivity index (χ4n) is 1.46. The summed E-state index contributed by atoms with van der Waals surface area (Å²) in [6, 6.07) is 0. The highest BCUT2D eigenvalue weighted by Gasteiger charge is 2.38. The molecule has 0 spiro atoms. The first-order chi connectivity index (χ1) is 7.41. The molecule has 0 saturated heterocycles. The van der Waals surface area contributed by atoms with E-state index in [-0.39, 0.29) is 0 Å². The summed E-state index contributed by atoms with van der Waals surface area (Å²) in [5, 5.41) is 18.9. The largest absolute Gasteiger partial charge is 0.455 e. The SMILES string of the molecule is CC(=O)O[C@@H]1[C@@H](O)[C@@H](O)C=C[C@@H]1OC(C)=O. The van der Waals surface area contributed by atoms with E-state index in [4.69, 9.17) is 9.47 Å². The Labute approximate surface area is 92.5 Å². The lowest BCUT2D eigenvalue weighted by Gasteiger charge is -2.32. The zero-order valence-electron chi connectivity index (χ0n) is 8.99. The second-order valence-electron chi connectivity index (χ2n) is 3.51. The van der Waals surface area contributed by atoms with Crippen LogP contribution in [0, 0.1) is 0 Å². The minimum atomic E-state index is -1.31. The number of carbonyl (C=O) groups excluding carboxylic acids is 2.